The van der Waals surface area contributed by atoms with Gasteiger partial charge in [0.2, 0.25) is 0 Å². The van der Waals surface area contributed by atoms with E-state index in [0.29, 0.717) is 19.6 Å². The Morgan fingerprint density at radius 1 is 1.13 bits per heavy atom. The van der Waals surface area contributed by atoms with Gasteiger partial charge in [0.25, 0.3) is 0 Å². The summed E-state index contributed by atoms with van der Waals surface area (Å²) in [5.41, 5.74) is 0.930. The second kappa shape index (κ2) is 11.1. The molecular formula is C23H37NO6Si. The molecular weight excluding hydrogens is 414 g/mol. The number of hydrogen-bond acceptors (Lipinski definition) is 6. The maximum Gasteiger partial charge on any atom is 0.410 e. The van der Waals surface area contributed by atoms with Crippen molar-refractivity contribution in [3.05, 3.63) is 35.9 Å². The predicted octanol–water partition coefficient (Wildman–Crippen LogP) is 4.37. The first kappa shape index (κ1) is 25.4. The Labute approximate surface area is 187 Å². The maximum absolute atomic E-state index is 12.8. The average molecular weight is 452 g/mol. The summed E-state index contributed by atoms with van der Waals surface area (Å²) >= 11 is 0. The van der Waals surface area contributed by atoms with E-state index in [-0.39, 0.29) is 37.0 Å². The topological polar surface area (TPSA) is 74.3 Å². The van der Waals surface area contributed by atoms with Crippen molar-refractivity contribution in [2.24, 2.45) is 0 Å². The highest BCUT2D eigenvalue weighted by atomic mass is 28.4. The van der Waals surface area contributed by atoms with E-state index < -0.39 is 20.4 Å². The van der Waals surface area contributed by atoms with E-state index in [1.54, 1.807) is 11.8 Å². The van der Waals surface area contributed by atoms with Gasteiger partial charge in [0, 0.05) is 6.54 Å². The summed E-state index contributed by atoms with van der Waals surface area (Å²) in [6, 6.07) is 9.36. The number of nitrogens with zero attached hydrogens (tertiary/aromatic N) is 1. The number of carbonyl (C=O) groups excluding carboxylic acids is 2. The Morgan fingerprint density at radius 3 is 2.42 bits per heavy atom. The van der Waals surface area contributed by atoms with Gasteiger partial charge in [0.1, 0.15) is 13.2 Å². The molecule has 1 fully saturated rings. The van der Waals surface area contributed by atoms with Crippen molar-refractivity contribution in [1.82, 2.24) is 4.90 Å². The van der Waals surface area contributed by atoms with Gasteiger partial charge in [-0.3, -0.25) is 0 Å². The smallest absolute Gasteiger partial charge is 0.410 e. The van der Waals surface area contributed by atoms with E-state index in [1.807, 2.05) is 30.3 Å². The first-order valence-corrected chi connectivity index (χ1v) is 13.8. The molecule has 1 aliphatic heterocycles. The lowest BCUT2D eigenvalue weighted by Crippen LogP contribution is -2.45. The van der Waals surface area contributed by atoms with Crippen LogP contribution >= 0.6 is 0 Å². The number of hydrogen-bond donors (Lipinski definition) is 0. The standard InChI is InChI=1S/C23H37NO6Si/c1-7-28-21(25)17-27-16-19-13-20(30-31(5,6)23(2,3)4)14-24(19)22(26)29-15-18-11-9-8-10-12-18/h8-12,19-20H,7,13-17H2,1-6H3/t19-,20+/m0/s1. The molecule has 0 aliphatic carbocycles. The van der Waals surface area contributed by atoms with Crippen molar-refractivity contribution in [3.63, 3.8) is 0 Å². The molecule has 0 unspecified atom stereocenters. The van der Waals surface area contributed by atoms with Crippen LogP contribution in [-0.2, 0) is 30.0 Å². The van der Waals surface area contributed by atoms with Gasteiger partial charge >= 0.3 is 12.1 Å². The van der Waals surface area contributed by atoms with Crippen molar-refractivity contribution >= 4 is 20.4 Å². The summed E-state index contributed by atoms with van der Waals surface area (Å²) in [5, 5.41) is 0.0736. The molecule has 0 aromatic heterocycles. The van der Waals surface area contributed by atoms with Gasteiger partial charge in [-0.05, 0) is 37.0 Å². The summed E-state index contributed by atoms with van der Waals surface area (Å²) in [7, 11) is -1.99. The van der Waals surface area contributed by atoms with Gasteiger partial charge in [-0.25, -0.2) is 9.59 Å². The maximum atomic E-state index is 12.8. The minimum absolute atomic E-state index is 0.0736. The molecule has 1 aromatic carbocycles. The molecule has 1 aromatic rings. The third-order valence-electron chi connectivity index (χ3n) is 5.92. The summed E-state index contributed by atoms with van der Waals surface area (Å²) in [4.78, 5) is 26.1. The number of esters is 1. The van der Waals surface area contributed by atoms with Crippen LogP contribution in [0.4, 0.5) is 4.79 Å². The second-order valence-corrected chi connectivity index (χ2v) is 14.2. The molecule has 0 radical (unpaired) electrons. The normalized spacial score (nSPS) is 19.4. The van der Waals surface area contributed by atoms with Gasteiger partial charge in [-0.1, -0.05) is 51.1 Å². The van der Waals surface area contributed by atoms with Crippen molar-refractivity contribution in [1.29, 1.82) is 0 Å². The Hall–Kier alpha value is -1.90. The summed E-state index contributed by atoms with van der Waals surface area (Å²) in [6.45, 7) is 13.8. The molecule has 174 valence electrons. The number of amides is 1. The summed E-state index contributed by atoms with van der Waals surface area (Å²) in [6.07, 6.45) is 0.173. The fourth-order valence-corrected chi connectivity index (χ4v) is 4.57. The third-order valence-corrected chi connectivity index (χ3v) is 10.5. The molecule has 0 N–H and O–H groups in total. The van der Waals surface area contributed by atoms with Crippen LogP contribution in [0.25, 0.3) is 0 Å². The van der Waals surface area contributed by atoms with E-state index >= 15 is 0 Å². The van der Waals surface area contributed by atoms with Crippen LogP contribution < -0.4 is 0 Å². The van der Waals surface area contributed by atoms with Gasteiger partial charge in [0.15, 0.2) is 8.32 Å². The fourth-order valence-electron chi connectivity index (χ4n) is 3.22. The minimum atomic E-state index is -1.99. The Balaban J connectivity index is 2.01. The molecule has 31 heavy (non-hydrogen) atoms. The quantitative estimate of drug-likeness (QED) is 0.410. The van der Waals surface area contributed by atoms with Crippen LogP contribution in [0.5, 0.6) is 0 Å². The van der Waals surface area contributed by atoms with Gasteiger partial charge < -0.3 is 23.5 Å². The van der Waals surface area contributed by atoms with Crippen LogP contribution in [-0.4, -0.2) is 63.8 Å². The average Bonchev–Trinajstić information content (AvgIpc) is 3.08. The van der Waals surface area contributed by atoms with Gasteiger partial charge in [-0.2, -0.15) is 0 Å². The lowest BCUT2D eigenvalue weighted by Gasteiger charge is -2.38. The molecule has 1 amide bonds. The highest BCUT2D eigenvalue weighted by molar-refractivity contribution is 6.74. The number of carbonyl (C=O) groups is 2. The van der Waals surface area contributed by atoms with E-state index in [4.69, 9.17) is 18.6 Å². The zero-order chi connectivity index (χ0) is 23.1. The first-order chi connectivity index (χ1) is 14.5. The number of likely N-dealkylation sites (tertiary alicyclic amines) is 1. The van der Waals surface area contributed by atoms with E-state index in [1.165, 1.54) is 0 Å². The van der Waals surface area contributed by atoms with Crippen molar-refractivity contribution in [2.75, 3.05) is 26.4 Å². The lowest BCUT2D eigenvalue weighted by molar-refractivity contribution is -0.148. The second-order valence-electron chi connectivity index (χ2n) is 9.40. The largest absolute Gasteiger partial charge is 0.464 e. The molecule has 1 aliphatic rings. The van der Waals surface area contributed by atoms with E-state index in [9.17, 15) is 9.59 Å². The fraction of sp³-hybridized carbons (Fsp3) is 0.652. The van der Waals surface area contributed by atoms with Crippen molar-refractivity contribution < 1.29 is 28.2 Å². The molecule has 2 rings (SSSR count). The van der Waals surface area contributed by atoms with Crippen LogP contribution in [0.3, 0.4) is 0 Å². The van der Waals surface area contributed by atoms with Crippen molar-refractivity contribution in [3.8, 4) is 0 Å². The SMILES string of the molecule is CCOC(=O)COC[C@@H]1C[C@@H](O[Si](C)(C)C(C)(C)C)CN1C(=O)OCc1ccccc1. The first-order valence-electron chi connectivity index (χ1n) is 10.9. The third kappa shape index (κ3) is 7.62. The van der Waals surface area contributed by atoms with Gasteiger partial charge in [0.05, 0.1) is 25.4 Å². The molecule has 8 heteroatoms. The Morgan fingerprint density at radius 2 is 1.81 bits per heavy atom. The van der Waals surface area contributed by atoms with Crippen LogP contribution in [0.1, 0.15) is 39.7 Å². The van der Waals surface area contributed by atoms with Crippen LogP contribution in [0, 0.1) is 0 Å². The molecule has 0 saturated carbocycles. The highest BCUT2D eigenvalue weighted by Gasteiger charge is 2.44. The van der Waals surface area contributed by atoms with E-state index in [2.05, 4.69) is 33.9 Å². The Bertz CT molecular complexity index is 719. The Kier molecular flexibility index (Phi) is 9.09. The van der Waals surface area contributed by atoms with Gasteiger partial charge in [-0.15, -0.1) is 0 Å². The van der Waals surface area contributed by atoms with Crippen LogP contribution in [0.2, 0.25) is 18.1 Å². The predicted molar refractivity (Wildman–Crippen MR) is 121 cm³/mol. The highest BCUT2D eigenvalue weighted by Crippen LogP contribution is 2.39. The van der Waals surface area contributed by atoms with Crippen molar-refractivity contribution in [2.45, 2.75) is 71.0 Å². The minimum Gasteiger partial charge on any atom is -0.464 e. The van der Waals surface area contributed by atoms with Crippen LogP contribution in [0.15, 0.2) is 30.3 Å². The summed E-state index contributed by atoms with van der Waals surface area (Å²) in [5.74, 6) is -0.409. The number of ether oxygens (including phenoxy) is 3. The molecule has 0 bridgehead atoms. The monoisotopic (exact) mass is 451 g/mol. The molecule has 1 heterocycles. The van der Waals surface area contributed by atoms with E-state index in [0.717, 1.165) is 5.56 Å². The molecule has 7 nitrogen and oxygen atoms in total. The molecule has 0 spiro atoms. The number of benzene rings is 1. The zero-order valence-electron chi connectivity index (χ0n) is 19.7. The summed E-state index contributed by atoms with van der Waals surface area (Å²) < 4.78 is 22.6. The molecule has 1 saturated heterocycles. The number of rotatable bonds is 9. The lowest BCUT2D eigenvalue weighted by atomic mass is 10.2. The zero-order valence-corrected chi connectivity index (χ0v) is 20.7. The molecule has 2 atom stereocenters.